The average Bonchev–Trinajstić information content (AvgIpc) is 2.63. The fraction of sp³-hybridized carbons (Fsp3) is 0.316. The number of aromatic nitrogens is 1. The van der Waals surface area contributed by atoms with Crippen molar-refractivity contribution in [1.82, 2.24) is 10.3 Å². The Balaban J connectivity index is 1.85. The Hall–Kier alpha value is -2.72. The van der Waals surface area contributed by atoms with Gasteiger partial charge in [-0.05, 0) is 44.2 Å². The number of nitrogens with zero attached hydrogens (tertiary/aromatic N) is 2. The zero-order chi connectivity index (χ0) is 18.9. The van der Waals surface area contributed by atoms with E-state index in [9.17, 15) is 4.79 Å². The van der Waals surface area contributed by atoms with E-state index in [0.717, 1.165) is 12.2 Å². The maximum absolute atomic E-state index is 12.2. The van der Waals surface area contributed by atoms with E-state index in [4.69, 9.17) is 15.7 Å². The number of benzene rings is 1. The van der Waals surface area contributed by atoms with Crippen molar-refractivity contribution >= 4 is 23.4 Å². The van der Waals surface area contributed by atoms with E-state index in [-0.39, 0.29) is 28.7 Å². The minimum atomic E-state index is -0.331. The number of aryl methyl sites for hydroxylation is 1. The van der Waals surface area contributed by atoms with Gasteiger partial charge in [0.15, 0.2) is 0 Å². The highest BCUT2D eigenvalue weighted by Gasteiger charge is 2.15. The number of nitriles is 1. The number of anilines is 1. The molecule has 2 rings (SSSR count). The molecule has 7 heteroatoms. The zero-order valence-corrected chi connectivity index (χ0v) is 15.7. The molecular formula is C19H22N4O2S. The summed E-state index contributed by atoms with van der Waals surface area (Å²) in [5.74, 6) is 0.661. The van der Waals surface area contributed by atoms with Crippen LogP contribution >= 0.6 is 11.8 Å². The molecule has 0 aliphatic carbocycles. The number of ether oxygens (including phenoxy) is 1. The zero-order valence-electron chi connectivity index (χ0n) is 14.9. The fourth-order valence-corrected chi connectivity index (χ4v) is 3.05. The first-order chi connectivity index (χ1) is 12.5. The number of nitrogens with one attached hydrogen (secondary N) is 1. The molecule has 1 aromatic carbocycles. The van der Waals surface area contributed by atoms with Crippen molar-refractivity contribution in [2.75, 3.05) is 24.6 Å². The van der Waals surface area contributed by atoms with Gasteiger partial charge in [-0.15, -0.1) is 11.8 Å². The molecule has 2 aromatic rings. The van der Waals surface area contributed by atoms with Gasteiger partial charge in [-0.1, -0.05) is 17.7 Å². The highest BCUT2D eigenvalue weighted by atomic mass is 32.2. The average molecular weight is 370 g/mol. The van der Waals surface area contributed by atoms with E-state index in [1.165, 1.54) is 16.5 Å². The van der Waals surface area contributed by atoms with Gasteiger partial charge in [-0.25, -0.2) is 4.98 Å². The lowest BCUT2D eigenvalue weighted by molar-refractivity contribution is 0.0947. The van der Waals surface area contributed by atoms with Crippen molar-refractivity contribution in [3.05, 3.63) is 47.2 Å². The number of rotatable bonds is 8. The molecule has 136 valence electrons. The third-order valence-electron chi connectivity index (χ3n) is 3.54. The van der Waals surface area contributed by atoms with E-state index >= 15 is 0 Å². The first-order valence-corrected chi connectivity index (χ1v) is 9.34. The molecule has 0 bridgehead atoms. The van der Waals surface area contributed by atoms with Crippen LogP contribution in [0.4, 0.5) is 5.69 Å². The molecule has 3 N–H and O–H groups in total. The van der Waals surface area contributed by atoms with Crippen LogP contribution in [0.5, 0.6) is 5.88 Å². The molecule has 0 atom stereocenters. The highest BCUT2D eigenvalue weighted by molar-refractivity contribution is 7.99. The molecule has 0 spiro atoms. The van der Waals surface area contributed by atoms with Crippen molar-refractivity contribution < 1.29 is 9.53 Å². The van der Waals surface area contributed by atoms with Crippen molar-refractivity contribution in [3.8, 4) is 11.9 Å². The first-order valence-electron chi connectivity index (χ1n) is 8.36. The Bertz CT molecular complexity index is 800. The van der Waals surface area contributed by atoms with Crippen LogP contribution < -0.4 is 15.8 Å². The van der Waals surface area contributed by atoms with E-state index in [1.54, 1.807) is 18.7 Å². The quantitative estimate of drug-likeness (QED) is 0.547. The molecule has 1 heterocycles. The van der Waals surface area contributed by atoms with Crippen LogP contribution in [-0.4, -0.2) is 29.8 Å². The van der Waals surface area contributed by atoms with Gasteiger partial charge in [0.1, 0.15) is 17.3 Å². The summed E-state index contributed by atoms with van der Waals surface area (Å²) in [6, 6.07) is 11.7. The SMILES string of the molecule is CCOc1nc(C(=O)NCCCSc2ccc(C)cc2)cc(N)c1C#N. The summed E-state index contributed by atoms with van der Waals surface area (Å²) < 4.78 is 5.30. The van der Waals surface area contributed by atoms with Crippen LogP contribution in [0, 0.1) is 18.3 Å². The summed E-state index contributed by atoms with van der Waals surface area (Å²) in [5, 5.41) is 11.9. The summed E-state index contributed by atoms with van der Waals surface area (Å²) in [5.41, 5.74) is 7.55. The van der Waals surface area contributed by atoms with Crippen molar-refractivity contribution in [2.45, 2.75) is 25.2 Å². The van der Waals surface area contributed by atoms with Gasteiger partial charge in [0, 0.05) is 11.4 Å². The van der Waals surface area contributed by atoms with Crippen molar-refractivity contribution in [3.63, 3.8) is 0 Å². The maximum atomic E-state index is 12.2. The van der Waals surface area contributed by atoms with E-state index in [2.05, 4.69) is 41.5 Å². The summed E-state index contributed by atoms with van der Waals surface area (Å²) in [4.78, 5) is 17.6. The number of hydrogen-bond donors (Lipinski definition) is 2. The second kappa shape index (κ2) is 9.68. The Morgan fingerprint density at radius 3 is 2.77 bits per heavy atom. The fourth-order valence-electron chi connectivity index (χ4n) is 2.20. The predicted molar refractivity (Wildman–Crippen MR) is 103 cm³/mol. The van der Waals surface area contributed by atoms with Crippen LogP contribution in [-0.2, 0) is 0 Å². The number of amides is 1. The Labute approximate surface area is 157 Å². The Morgan fingerprint density at radius 1 is 1.38 bits per heavy atom. The van der Waals surface area contributed by atoms with Gasteiger partial charge < -0.3 is 15.8 Å². The molecular weight excluding hydrogens is 348 g/mol. The van der Waals surface area contributed by atoms with Crippen LogP contribution in [0.1, 0.15) is 35.0 Å². The molecule has 0 aliphatic heterocycles. The second-order valence-corrected chi connectivity index (χ2v) is 6.76. The predicted octanol–water partition coefficient (Wildman–Crippen LogP) is 3.15. The molecule has 0 fully saturated rings. The van der Waals surface area contributed by atoms with Gasteiger partial charge in [0.05, 0.1) is 12.3 Å². The second-order valence-electron chi connectivity index (χ2n) is 5.59. The smallest absolute Gasteiger partial charge is 0.270 e. The lowest BCUT2D eigenvalue weighted by Crippen LogP contribution is -2.26. The molecule has 0 saturated carbocycles. The standard InChI is InChI=1S/C19H22N4O2S/c1-3-25-19-15(12-20)16(21)11-17(23-19)18(24)22-9-4-10-26-14-7-5-13(2)6-8-14/h5-8,11H,3-4,9-10H2,1-2H3,(H2,21,23)(H,22,24). The van der Waals surface area contributed by atoms with Crippen LogP contribution in [0.2, 0.25) is 0 Å². The lowest BCUT2D eigenvalue weighted by Gasteiger charge is -2.10. The summed E-state index contributed by atoms with van der Waals surface area (Å²) >= 11 is 1.75. The van der Waals surface area contributed by atoms with Crippen LogP contribution in [0.15, 0.2) is 35.2 Å². The third kappa shape index (κ3) is 5.39. The minimum absolute atomic E-state index is 0.0927. The summed E-state index contributed by atoms with van der Waals surface area (Å²) in [6.45, 7) is 4.70. The number of carbonyl (C=O) groups excluding carboxylic acids is 1. The Kier molecular flexibility index (Phi) is 7.30. The highest BCUT2D eigenvalue weighted by Crippen LogP contribution is 2.23. The Morgan fingerprint density at radius 2 is 2.12 bits per heavy atom. The van der Waals surface area contributed by atoms with E-state index in [0.29, 0.717) is 13.2 Å². The third-order valence-corrected chi connectivity index (χ3v) is 4.64. The summed E-state index contributed by atoms with van der Waals surface area (Å²) in [7, 11) is 0. The molecule has 0 unspecified atom stereocenters. The number of thioether (sulfide) groups is 1. The lowest BCUT2D eigenvalue weighted by atomic mass is 10.2. The van der Waals surface area contributed by atoms with E-state index in [1.807, 2.05) is 6.07 Å². The normalized spacial score (nSPS) is 10.2. The van der Waals surface area contributed by atoms with Gasteiger partial charge in [0.25, 0.3) is 5.91 Å². The van der Waals surface area contributed by atoms with Gasteiger partial charge in [-0.2, -0.15) is 5.26 Å². The van der Waals surface area contributed by atoms with Crippen molar-refractivity contribution in [1.29, 1.82) is 5.26 Å². The van der Waals surface area contributed by atoms with Crippen LogP contribution in [0.25, 0.3) is 0 Å². The molecule has 0 radical (unpaired) electrons. The van der Waals surface area contributed by atoms with Crippen LogP contribution in [0.3, 0.4) is 0 Å². The topological polar surface area (TPSA) is 101 Å². The molecule has 1 amide bonds. The molecule has 0 aliphatic rings. The molecule has 6 nitrogen and oxygen atoms in total. The first kappa shape index (κ1) is 19.6. The van der Waals surface area contributed by atoms with Gasteiger partial charge in [0.2, 0.25) is 5.88 Å². The molecule has 1 aromatic heterocycles. The van der Waals surface area contributed by atoms with Gasteiger partial charge >= 0.3 is 0 Å². The number of hydrogen-bond acceptors (Lipinski definition) is 6. The van der Waals surface area contributed by atoms with Crippen molar-refractivity contribution in [2.24, 2.45) is 0 Å². The van der Waals surface area contributed by atoms with E-state index < -0.39 is 0 Å². The number of pyridine rings is 1. The monoisotopic (exact) mass is 370 g/mol. The summed E-state index contributed by atoms with van der Waals surface area (Å²) in [6.07, 6.45) is 0.828. The number of nitrogens with two attached hydrogens (primary N) is 1. The number of nitrogen functional groups attached to an aromatic ring is 1. The minimum Gasteiger partial charge on any atom is -0.477 e. The number of carbonyl (C=O) groups is 1. The molecule has 0 saturated heterocycles. The van der Waals surface area contributed by atoms with Gasteiger partial charge in [-0.3, -0.25) is 4.79 Å². The maximum Gasteiger partial charge on any atom is 0.270 e. The largest absolute Gasteiger partial charge is 0.477 e. The molecule has 26 heavy (non-hydrogen) atoms.